The zero-order valence-corrected chi connectivity index (χ0v) is 17.0. The predicted octanol–water partition coefficient (Wildman–Crippen LogP) is 4.03. The minimum atomic E-state index is -0.393. The molecule has 0 saturated heterocycles. The van der Waals surface area contributed by atoms with E-state index in [9.17, 15) is 9.18 Å². The molecule has 0 saturated carbocycles. The molecule has 2 heterocycles. The summed E-state index contributed by atoms with van der Waals surface area (Å²) in [6, 6.07) is 11.6. The maximum atomic E-state index is 13.9. The number of carbonyl (C=O) groups is 1. The molecule has 31 heavy (non-hydrogen) atoms. The quantitative estimate of drug-likeness (QED) is 0.672. The molecule has 0 unspecified atom stereocenters. The van der Waals surface area contributed by atoms with Crippen molar-refractivity contribution < 1.29 is 18.7 Å². The monoisotopic (exact) mass is 420 g/mol. The fourth-order valence-electron chi connectivity index (χ4n) is 4.15. The first-order valence-electron chi connectivity index (χ1n) is 10.1. The van der Waals surface area contributed by atoms with Gasteiger partial charge in [0, 0.05) is 23.3 Å². The summed E-state index contributed by atoms with van der Waals surface area (Å²) in [5.74, 6) is 1.39. The molecule has 1 aliphatic carbocycles. The van der Waals surface area contributed by atoms with Crippen LogP contribution in [0.2, 0.25) is 0 Å². The molecular formula is C23H21FN4O3. The van der Waals surface area contributed by atoms with Gasteiger partial charge in [-0.2, -0.15) is 10.1 Å². The normalized spacial score (nSPS) is 17.6. The molecule has 3 aromatic rings. The number of carbonyl (C=O) groups excluding carboxylic acids is 1. The molecule has 1 atom stereocenters. The van der Waals surface area contributed by atoms with E-state index in [1.165, 1.54) is 12.4 Å². The molecule has 2 aliphatic rings. The number of aromatic nitrogens is 3. The largest absolute Gasteiger partial charge is 0.493 e. The van der Waals surface area contributed by atoms with E-state index in [-0.39, 0.29) is 18.2 Å². The Balaban J connectivity index is 1.50. The summed E-state index contributed by atoms with van der Waals surface area (Å²) in [5, 5.41) is 7.60. The zero-order valence-electron chi connectivity index (χ0n) is 17.0. The molecule has 0 spiro atoms. The lowest BCUT2D eigenvalue weighted by atomic mass is 9.85. The van der Waals surface area contributed by atoms with Crippen LogP contribution in [0.25, 0.3) is 0 Å². The van der Waals surface area contributed by atoms with Crippen molar-refractivity contribution >= 4 is 11.7 Å². The highest BCUT2D eigenvalue weighted by Crippen LogP contribution is 2.41. The molecule has 0 fully saturated rings. The molecule has 1 N–H and O–H groups in total. The Morgan fingerprint density at radius 3 is 2.90 bits per heavy atom. The van der Waals surface area contributed by atoms with Crippen LogP contribution in [-0.4, -0.2) is 27.7 Å². The van der Waals surface area contributed by atoms with Gasteiger partial charge in [-0.1, -0.05) is 24.3 Å². The van der Waals surface area contributed by atoms with Crippen LogP contribution in [0.15, 0.2) is 60.1 Å². The van der Waals surface area contributed by atoms with E-state index in [4.69, 9.17) is 9.47 Å². The van der Waals surface area contributed by atoms with E-state index >= 15 is 0 Å². The van der Waals surface area contributed by atoms with Gasteiger partial charge in [0.1, 0.15) is 24.8 Å². The molecular weight excluding hydrogens is 399 g/mol. The number of Topliss-reactive ketones (excluding diaryl/α,β-unsaturated/α-hetero) is 1. The standard InChI is InChI=1S/C23H21FN4O3/c1-30-20-11-14(9-10-19(20)31-12-15-5-2-3-6-16(15)24)22-21-17(7-4-8-18(21)29)27-23-25-13-26-28(22)23/h2-3,5-6,9-11,13,22H,4,7-8,12H2,1H3,(H,25,26,27)/t22-/m0/s1. The molecule has 5 rings (SSSR count). The first kappa shape index (κ1) is 19.3. The minimum absolute atomic E-state index is 0.0801. The summed E-state index contributed by atoms with van der Waals surface area (Å²) in [6.45, 7) is 0.0801. The molecule has 0 radical (unpaired) electrons. The molecule has 1 aliphatic heterocycles. The predicted molar refractivity (Wildman–Crippen MR) is 111 cm³/mol. The van der Waals surface area contributed by atoms with Gasteiger partial charge in [0.05, 0.1) is 7.11 Å². The Morgan fingerprint density at radius 1 is 1.19 bits per heavy atom. The van der Waals surface area contributed by atoms with Crippen LogP contribution in [0, 0.1) is 5.82 Å². The lowest BCUT2D eigenvalue weighted by Crippen LogP contribution is -2.31. The molecule has 1 aromatic heterocycles. The third-order valence-corrected chi connectivity index (χ3v) is 5.65. The number of hydrogen-bond donors (Lipinski definition) is 1. The third-order valence-electron chi connectivity index (χ3n) is 5.65. The smallest absolute Gasteiger partial charge is 0.226 e. The van der Waals surface area contributed by atoms with Gasteiger partial charge in [-0.15, -0.1) is 0 Å². The van der Waals surface area contributed by atoms with Crippen molar-refractivity contribution in [3.63, 3.8) is 0 Å². The molecule has 0 bridgehead atoms. The SMILES string of the molecule is COc1cc([C@H]2C3=C(CCCC3=O)Nc3ncnn32)ccc1OCc1ccccc1F. The van der Waals surface area contributed by atoms with Crippen LogP contribution in [0.3, 0.4) is 0 Å². The van der Waals surface area contributed by atoms with E-state index in [1.54, 1.807) is 36.1 Å². The molecule has 2 aromatic carbocycles. The average Bonchev–Trinajstić information content (AvgIpc) is 3.25. The number of methoxy groups -OCH3 is 1. The Morgan fingerprint density at radius 2 is 2.06 bits per heavy atom. The van der Waals surface area contributed by atoms with Crippen molar-refractivity contribution in [1.29, 1.82) is 0 Å². The molecule has 0 amide bonds. The van der Waals surface area contributed by atoms with Gasteiger partial charge >= 0.3 is 0 Å². The van der Waals surface area contributed by atoms with E-state index in [0.717, 1.165) is 24.1 Å². The lowest BCUT2D eigenvalue weighted by Gasteiger charge is -2.32. The van der Waals surface area contributed by atoms with Crippen molar-refractivity contribution in [2.75, 3.05) is 12.4 Å². The van der Waals surface area contributed by atoms with E-state index in [0.29, 0.717) is 35.0 Å². The number of hydrogen-bond acceptors (Lipinski definition) is 6. The number of fused-ring (bicyclic) bond motifs is 1. The number of nitrogens with zero attached hydrogens (tertiary/aromatic N) is 3. The van der Waals surface area contributed by atoms with Crippen molar-refractivity contribution in [2.24, 2.45) is 0 Å². The first-order chi connectivity index (χ1) is 15.2. The second-order valence-electron chi connectivity index (χ2n) is 7.52. The third kappa shape index (κ3) is 3.43. The van der Waals surface area contributed by atoms with E-state index < -0.39 is 6.04 Å². The minimum Gasteiger partial charge on any atom is -0.493 e. The van der Waals surface area contributed by atoms with Gasteiger partial charge in [-0.05, 0) is 36.6 Å². The Hall–Kier alpha value is -3.68. The van der Waals surface area contributed by atoms with Gasteiger partial charge in [0.2, 0.25) is 5.95 Å². The number of ether oxygens (including phenoxy) is 2. The van der Waals surface area contributed by atoms with Gasteiger partial charge in [0.25, 0.3) is 0 Å². The topological polar surface area (TPSA) is 78.3 Å². The average molecular weight is 420 g/mol. The van der Waals surface area contributed by atoms with Gasteiger partial charge < -0.3 is 14.8 Å². The number of rotatable bonds is 5. The zero-order chi connectivity index (χ0) is 21.4. The van der Waals surface area contributed by atoms with Crippen LogP contribution in [0.1, 0.15) is 36.4 Å². The second-order valence-corrected chi connectivity index (χ2v) is 7.52. The Bertz CT molecular complexity index is 1190. The van der Waals surface area contributed by atoms with Crippen molar-refractivity contribution in [1.82, 2.24) is 14.8 Å². The van der Waals surface area contributed by atoms with Crippen molar-refractivity contribution in [3.8, 4) is 11.5 Å². The molecule has 7 nitrogen and oxygen atoms in total. The highest BCUT2D eigenvalue weighted by atomic mass is 19.1. The first-order valence-corrected chi connectivity index (χ1v) is 10.1. The number of allylic oxidation sites excluding steroid dienone is 2. The number of anilines is 1. The lowest BCUT2D eigenvalue weighted by molar-refractivity contribution is -0.116. The number of nitrogens with one attached hydrogen (secondary N) is 1. The summed E-state index contributed by atoms with van der Waals surface area (Å²) in [7, 11) is 1.55. The van der Waals surface area contributed by atoms with Crippen LogP contribution in [0.4, 0.5) is 10.3 Å². The van der Waals surface area contributed by atoms with Gasteiger partial charge in [-0.3, -0.25) is 4.79 Å². The van der Waals surface area contributed by atoms with Gasteiger partial charge in [0.15, 0.2) is 17.3 Å². The van der Waals surface area contributed by atoms with Crippen LogP contribution >= 0.6 is 0 Å². The van der Waals surface area contributed by atoms with Crippen LogP contribution < -0.4 is 14.8 Å². The summed E-state index contributed by atoms with van der Waals surface area (Å²) < 4.78 is 27.0. The fraction of sp³-hybridized carbons (Fsp3) is 0.261. The highest BCUT2D eigenvalue weighted by Gasteiger charge is 2.36. The summed E-state index contributed by atoms with van der Waals surface area (Å²) in [6.07, 6.45) is 3.60. The summed E-state index contributed by atoms with van der Waals surface area (Å²) in [4.78, 5) is 17.1. The van der Waals surface area contributed by atoms with E-state index in [2.05, 4.69) is 15.4 Å². The maximum absolute atomic E-state index is 13.9. The molecule has 158 valence electrons. The molecule has 8 heteroatoms. The fourth-order valence-corrected chi connectivity index (χ4v) is 4.15. The maximum Gasteiger partial charge on any atom is 0.226 e. The number of ketones is 1. The van der Waals surface area contributed by atoms with Gasteiger partial charge in [-0.25, -0.2) is 9.07 Å². The summed E-state index contributed by atoms with van der Waals surface area (Å²) >= 11 is 0. The van der Waals surface area contributed by atoms with Crippen molar-refractivity contribution in [2.45, 2.75) is 31.9 Å². The highest BCUT2D eigenvalue weighted by molar-refractivity contribution is 5.99. The van der Waals surface area contributed by atoms with Crippen molar-refractivity contribution in [3.05, 3.63) is 77.0 Å². The second kappa shape index (κ2) is 7.86. The Kier molecular flexibility index (Phi) is 4.89. The van der Waals surface area contributed by atoms with Crippen LogP contribution in [0.5, 0.6) is 11.5 Å². The summed E-state index contributed by atoms with van der Waals surface area (Å²) in [5.41, 5.74) is 2.92. The number of halogens is 1. The van der Waals surface area contributed by atoms with Crippen LogP contribution in [-0.2, 0) is 11.4 Å². The van der Waals surface area contributed by atoms with E-state index in [1.807, 2.05) is 12.1 Å². The number of benzene rings is 2. The Labute approximate surface area is 178 Å².